The fraction of sp³-hybridized carbons (Fsp3) is 0.375. The van der Waals surface area contributed by atoms with E-state index in [1.54, 1.807) is 6.07 Å². The Morgan fingerprint density at radius 3 is 2.81 bits per heavy atom. The zero-order chi connectivity index (χ0) is 15.1. The van der Waals surface area contributed by atoms with E-state index in [0.29, 0.717) is 24.5 Å². The Bertz CT molecular complexity index is 612. The van der Waals surface area contributed by atoms with Crippen molar-refractivity contribution in [3.8, 4) is 5.75 Å². The van der Waals surface area contributed by atoms with E-state index in [9.17, 15) is 4.79 Å². The first-order valence-corrected chi connectivity index (χ1v) is 7.06. The fourth-order valence-electron chi connectivity index (χ4n) is 1.93. The Kier molecular flexibility index (Phi) is 5.51. The molecule has 0 radical (unpaired) electrons. The van der Waals surface area contributed by atoms with Crippen LogP contribution in [0.3, 0.4) is 0 Å². The lowest BCUT2D eigenvalue weighted by atomic mass is 10.2. The maximum absolute atomic E-state index is 11.1. The summed E-state index contributed by atoms with van der Waals surface area (Å²) in [5.41, 5.74) is 0.593. The Hall–Kier alpha value is -2.14. The number of aromatic carboxylic acids is 1. The predicted octanol–water partition coefficient (Wildman–Crippen LogP) is 3.13. The third-order valence-corrected chi connectivity index (χ3v) is 3.02. The monoisotopic (exact) mass is 289 g/mol. The molecule has 0 amide bonds. The molecule has 0 aliphatic carbocycles. The highest BCUT2D eigenvalue weighted by atomic mass is 16.5. The lowest BCUT2D eigenvalue weighted by molar-refractivity contribution is 0.0690. The standard InChI is InChI=1S/C16H19NO4/c1-2-3-8-20-9-10-21-15-11-14(16(18)19)17-13-7-5-4-6-12(13)15/h4-7,11H,2-3,8-10H2,1H3,(H,18,19). The van der Waals surface area contributed by atoms with Crippen molar-refractivity contribution in [2.45, 2.75) is 19.8 Å². The number of para-hydroxylation sites is 1. The summed E-state index contributed by atoms with van der Waals surface area (Å²) in [6, 6.07) is 8.78. The Balaban J connectivity index is 2.08. The molecule has 0 aliphatic heterocycles. The molecule has 1 N–H and O–H groups in total. The second-order valence-corrected chi connectivity index (χ2v) is 4.64. The van der Waals surface area contributed by atoms with Crippen LogP contribution in [-0.2, 0) is 4.74 Å². The number of ether oxygens (including phenoxy) is 2. The molecule has 1 aromatic heterocycles. The smallest absolute Gasteiger partial charge is 0.354 e. The van der Waals surface area contributed by atoms with Crippen LogP contribution in [0.25, 0.3) is 10.9 Å². The van der Waals surface area contributed by atoms with Gasteiger partial charge in [-0.25, -0.2) is 9.78 Å². The van der Waals surface area contributed by atoms with Gasteiger partial charge in [-0.05, 0) is 18.6 Å². The van der Waals surface area contributed by atoms with Crippen LogP contribution in [0.15, 0.2) is 30.3 Å². The molecule has 0 unspecified atom stereocenters. The number of unbranched alkanes of at least 4 members (excludes halogenated alkanes) is 1. The SMILES string of the molecule is CCCCOCCOc1cc(C(=O)O)nc2ccccc12. The van der Waals surface area contributed by atoms with E-state index in [2.05, 4.69) is 11.9 Å². The summed E-state index contributed by atoms with van der Waals surface area (Å²) in [6.45, 7) is 3.70. The molecule has 2 aromatic rings. The first-order chi connectivity index (χ1) is 10.2. The van der Waals surface area contributed by atoms with Crippen LogP contribution in [0.1, 0.15) is 30.3 Å². The van der Waals surface area contributed by atoms with Gasteiger partial charge in [0, 0.05) is 18.1 Å². The molecule has 0 spiro atoms. The molecule has 0 saturated heterocycles. The molecule has 0 atom stereocenters. The van der Waals surface area contributed by atoms with E-state index < -0.39 is 5.97 Å². The minimum atomic E-state index is -1.07. The average Bonchev–Trinajstić information content (AvgIpc) is 2.50. The number of carboxylic acid groups (broad SMARTS) is 1. The number of benzene rings is 1. The highest BCUT2D eigenvalue weighted by molar-refractivity contribution is 5.93. The highest BCUT2D eigenvalue weighted by Crippen LogP contribution is 2.25. The molecule has 0 fully saturated rings. The van der Waals surface area contributed by atoms with Crippen molar-refractivity contribution in [2.24, 2.45) is 0 Å². The number of fused-ring (bicyclic) bond motifs is 1. The molecular formula is C16H19NO4. The lowest BCUT2D eigenvalue weighted by Crippen LogP contribution is -2.09. The third-order valence-electron chi connectivity index (χ3n) is 3.02. The van der Waals surface area contributed by atoms with Crippen molar-refractivity contribution >= 4 is 16.9 Å². The van der Waals surface area contributed by atoms with Gasteiger partial charge in [0.05, 0.1) is 12.1 Å². The molecule has 2 rings (SSSR count). The first-order valence-electron chi connectivity index (χ1n) is 7.06. The van der Waals surface area contributed by atoms with Crippen LogP contribution >= 0.6 is 0 Å². The van der Waals surface area contributed by atoms with Gasteiger partial charge in [-0.15, -0.1) is 0 Å². The summed E-state index contributed by atoms with van der Waals surface area (Å²) in [4.78, 5) is 15.2. The van der Waals surface area contributed by atoms with Crippen LogP contribution in [0, 0.1) is 0 Å². The number of nitrogens with zero attached hydrogens (tertiary/aromatic N) is 1. The summed E-state index contributed by atoms with van der Waals surface area (Å²) in [5.74, 6) is -0.540. The van der Waals surface area contributed by atoms with Gasteiger partial charge >= 0.3 is 5.97 Å². The molecular weight excluding hydrogens is 270 g/mol. The summed E-state index contributed by atoms with van der Waals surface area (Å²) in [7, 11) is 0. The number of rotatable bonds is 8. The fourth-order valence-corrected chi connectivity index (χ4v) is 1.93. The van der Waals surface area contributed by atoms with Gasteiger partial charge in [0.15, 0.2) is 5.69 Å². The van der Waals surface area contributed by atoms with Crippen LogP contribution in [0.5, 0.6) is 5.75 Å². The van der Waals surface area contributed by atoms with E-state index in [4.69, 9.17) is 14.6 Å². The molecule has 0 saturated carbocycles. The predicted molar refractivity (Wildman–Crippen MR) is 79.9 cm³/mol. The highest BCUT2D eigenvalue weighted by Gasteiger charge is 2.11. The van der Waals surface area contributed by atoms with Crippen molar-refractivity contribution in [1.29, 1.82) is 0 Å². The topological polar surface area (TPSA) is 68.7 Å². The van der Waals surface area contributed by atoms with Crippen LogP contribution in [0.2, 0.25) is 0 Å². The molecule has 5 heteroatoms. The molecule has 1 heterocycles. The molecule has 0 aliphatic rings. The van der Waals surface area contributed by atoms with Gasteiger partial charge in [0.2, 0.25) is 0 Å². The zero-order valence-corrected chi connectivity index (χ0v) is 12.0. The summed E-state index contributed by atoms with van der Waals surface area (Å²) in [6.07, 6.45) is 2.12. The van der Waals surface area contributed by atoms with Crippen molar-refractivity contribution in [1.82, 2.24) is 4.98 Å². The van der Waals surface area contributed by atoms with Gasteiger partial charge in [-0.1, -0.05) is 25.5 Å². The minimum Gasteiger partial charge on any atom is -0.490 e. The van der Waals surface area contributed by atoms with E-state index in [1.165, 1.54) is 6.07 Å². The molecule has 5 nitrogen and oxygen atoms in total. The Labute approximate surface area is 123 Å². The number of pyridine rings is 1. The number of carbonyl (C=O) groups is 1. The normalized spacial score (nSPS) is 10.7. The Morgan fingerprint density at radius 2 is 2.05 bits per heavy atom. The van der Waals surface area contributed by atoms with Gasteiger partial charge in [-0.2, -0.15) is 0 Å². The van der Waals surface area contributed by atoms with Crippen molar-refractivity contribution in [3.63, 3.8) is 0 Å². The van der Waals surface area contributed by atoms with Gasteiger partial charge in [0.1, 0.15) is 12.4 Å². The first kappa shape index (κ1) is 15.3. The maximum Gasteiger partial charge on any atom is 0.354 e. The van der Waals surface area contributed by atoms with Crippen LogP contribution in [-0.4, -0.2) is 35.9 Å². The number of hydrogen-bond acceptors (Lipinski definition) is 4. The summed E-state index contributed by atoms with van der Waals surface area (Å²) in [5, 5.41) is 9.90. The second kappa shape index (κ2) is 7.59. The van der Waals surface area contributed by atoms with E-state index in [1.807, 2.05) is 18.2 Å². The van der Waals surface area contributed by atoms with Crippen LogP contribution < -0.4 is 4.74 Å². The van der Waals surface area contributed by atoms with Gasteiger partial charge in [-0.3, -0.25) is 0 Å². The molecule has 112 valence electrons. The molecule has 21 heavy (non-hydrogen) atoms. The average molecular weight is 289 g/mol. The number of aromatic nitrogens is 1. The maximum atomic E-state index is 11.1. The summed E-state index contributed by atoms with van der Waals surface area (Å²) >= 11 is 0. The van der Waals surface area contributed by atoms with E-state index in [0.717, 1.165) is 24.8 Å². The van der Waals surface area contributed by atoms with E-state index in [-0.39, 0.29) is 5.69 Å². The third kappa shape index (κ3) is 4.16. The molecule has 1 aromatic carbocycles. The van der Waals surface area contributed by atoms with E-state index >= 15 is 0 Å². The minimum absolute atomic E-state index is 0.0180. The summed E-state index contributed by atoms with van der Waals surface area (Å²) < 4.78 is 11.1. The molecule has 0 bridgehead atoms. The van der Waals surface area contributed by atoms with Gasteiger partial charge in [0.25, 0.3) is 0 Å². The zero-order valence-electron chi connectivity index (χ0n) is 12.0. The largest absolute Gasteiger partial charge is 0.490 e. The van der Waals surface area contributed by atoms with Crippen molar-refractivity contribution in [2.75, 3.05) is 19.8 Å². The number of carboxylic acids is 1. The number of hydrogen-bond donors (Lipinski definition) is 1. The second-order valence-electron chi connectivity index (χ2n) is 4.64. The van der Waals surface area contributed by atoms with Crippen LogP contribution in [0.4, 0.5) is 0 Å². The Morgan fingerprint density at radius 1 is 1.24 bits per heavy atom. The quantitative estimate of drug-likeness (QED) is 0.756. The van der Waals surface area contributed by atoms with Crippen molar-refractivity contribution in [3.05, 3.63) is 36.0 Å². The van der Waals surface area contributed by atoms with Gasteiger partial charge < -0.3 is 14.6 Å². The van der Waals surface area contributed by atoms with Crippen molar-refractivity contribution < 1.29 is 19.4 Å². The lowest BCUT2D eigenvalue weighted by Gasteiger charge is -2.10.